The molecule has 4 amide bonds. The third-order valence-corrected chi connectivity index (χ3v) is 8.42. The van der Waals surface area contributed by atoms with Gasteiger partial charge in [0.25, 0.3) is 5.91 Å². The molecule has 2 saturated heterocycles. The van der Waals surface area contributed by atoms with Crippen molar-refractivity contribution < 1.29 is 22.8 Å². The largest absolute Gasteiger partial charge is 0.334 e. The van der Waals surface area contributed by atoms with Crippen LogP contribution in [0, 0.1) is 0 Å². The van der Waals surface area contributed by atoms with Crippen LogP contribution in [-0.2, 0) is 31.4 Å². The molecule has 30 heavy (non-hydrogen) atoms. The summed E-state index contributed by atoms with van der Waals surface area (Å²) >= 11 is 0. The molecule has 3 aliphatic rings. The molecule has 1 spiro atoms. The van der Waals surface area contributed by atoms with Crippen LogP contribution in [0.3, 0.4) is 0 Å². The van der Waals surface area contributed by atoms with E-state index >= 15 is 0 Å². The second-order valence-corrected chi connectivity index (χ2v) is 10.7. The number of hydrogen-bond donors (Lipinski definition) is 1. The van der Waals surface area contributed by atoms with Crippen LogP contribution < -0.4 is 5.32 Å². The van der Waals surface area contributed by atoms with E-state index in [0.29, 0.717) is 25.7 Å². The summed E-state index contributed by atoms with van der Waals surface area (Å²) in [6.45, 7) is 3.41. The number of imide groups is 1. The average Bonchev–Trinajstić information content (AvgIpc) is 3.33. The Labute approximate surface area is 176 Å². The fourth-order valence-electron chi connectivity index (χ4n) is 4.95. The molecule has 1 aliphatic carbocycles. The Morgan fingerprint density at radius 3 is 2.73 bits per heavy atom. The molecular formula is C21H27N3O5S. The van der Waals surface area contributed by atoms with Gasteiger partial charge >= 0.3 is 6.03 Å². The van der Waals surface area contributed by atoms with Crippen molar-refractivity contribution in [2.45, 2.75) is 57.2 Å². The predicted octanol–water partition coefficient (Wildman–Crippen LogP) is 1.19. The minimum absolute atomic E-state index is 0.0565. The quantitative estimate of drug-likeness (QED) is 0.703. The van der Waals surface area contributed by atoms with Gasteiger partial charge in [0, 0.05) is 12.1 Å². The second-order valence-electron chi connectivity index (χ2n) is 8.50. The molecule has 1 aromatic rings. The number of urea groups is 1. The summed E-state index contributed by atoms with van der Waals surface area (Å²) in [4.78, 5) is 41.8. The lowest BCUT2D eigenvalue weighted by molar-refractivity contribution is -0.141. The highest BCUT2D eigenvalue weighted by Gasteiger charge is 2.55. The van der Waals surface area contributed by atoms with E-state index in [1.807, 2.05) is 38.1 Å². The summed E-state index contributed by atoms with van der Waals surface area (Å²) in [7, 11) is -3.17. The zero-order chi connectivity index (χ0) is 21.7. The summed E-state index contributed by atoms with van der Waals surface area (Å²) in [5.41, 5.74) is 0.710. The maximum atomic E-state index is 13.3. The Hall–Kier alpha value is -2.42. The molecule has 162 valence electrons. The van der Waals surface area contributed by atoms with Crippen molar-refractivity contribution in [2.24, 2.45) is 0 Å². The summed E-state index contributed by atoms with van der Waals surface area (Å²) in [5.74, 6) is -0.811. The van der Waals surface area contributed by atoms with Gasteiger partial charge in [0.15, 0.2) is 9.84 Å². The number of fused-ring (bicyclic) bond motifs is 2. The van der Waals surface area contributed by atoms with E-state index < -0.39 is 39.3 Å². The molecule has 2 aliphatic heterocycles. The van der Waals surface area contributed by atoms with Crippen molar-refractivity contribution in [3.05, 3.63) is 35.4 Å². The van der Waals surface area contributed by atoms with E-state index in [-0.39, 0.29) is 24.1 Å². The first-order valence-electron chi connectivity index (χ1n) is 10.4. The first-order valence-corrected chi connectivity index (χ1v) is 12.2. The van der Waals surface area contributed by atoms with E-state index in [2.05, 4.69) is 5.32 Å². The van der Waals surface area contributed by atoms with Crippen molar-refractivity contribution in [3.8, 4) is 0 Å². The van der Waals surface area contributed by atoms with Crippen LogP contribution in [0.5, 0.6) is 0 Å². The molecule has 0 saturated carbocycles. The number of carbonyl (C=O) groups is 3. The maximum absolute atomic E-state index is 13.3. The monoisotopic (exact) mass is 433 g/mol. The lowest BCUT2D eigenvalue weighted by atomic mass is 9.92. The van der Waals surface area contributed by atoms with E-state index in [0.717, 1.165) is 16.0 Å². The molecule has 1 N–H and O–H groups in total. The third-order valence-electron chi connectivity index (χ3n) is 6.67. The van der Waals surface area contributed by atoms with Crippen LogP contribution in [0.15, 0.2) is 24.3 Å². The molecule has 2 fully saturated rings. The van der Waals surface area contributed by atoms with Gasteiger partial charge in [-0.2, -0.15) is 0 Å². The Bertz CT molecular complexity index is 1010. The maximum Gasteiger partial charge on any atom is 0.325 e. The molecule has 3 atom stereocenters. The van der Waals surface area contributed by atoms with Crippen LogP contribution in [0.1, 0.15) is 44.2 Å². The van der Waals surface area contributed by atoms with E-state index in [1.54, 1.807) is 4.90 Å². The lowest BCUT2D eigenvalue weighted by Crippen LogP contribution is -2.51. The number of nitrogens with zero attached hydrogens (tertiary/aromatic N) is 2. The van der Waals surface area contributed by atoms with Gasteiger partial charge in [0.05, 0.1) is 11.5 Å². The number of rotatable bonds is 5. The summed E-state index contributed by atoms with van der Waals surface area (Å²) in [5, 5.41) is 2.83. The van der Waals surface area contributed by atoms with Gasteiger partial charge in [-0.3, -0.25) is 14.5 Å². The van der Waals surface area contributed by atoms with Crippen molar-refractivity contribution in [1.29, 1.82) is 0 Å². The normalized spacial score (nSPS) is 27.9. The van der Waals surface area contributed by atoms with Crippen LogP contribution in [0.2, 0.25) is 0 Å². The minimum atomic E-state index is -3.17. The fourth-order valence-corrected chi connectivity index (χ4v) is 6.66. The van der Waals surface area contributed by atoms with Gasteiger partial charge in [-0.15, -0.1) is 0 Å². The summed E-state index contributed by atoms with van der Waals surface area (Å²) in [6.07, 6.45) is 2.19. The average molecular weight is 434 g/mol. The predicted molar refractivity (Wildman–Crippen MR) is 110 cm³/mol. The number of sulfone groups is 1. The highest BCUT2D eigenvalue weighted by Crippen LogP contribution is 2.41. The second kappa shape index (κ2) is 7.37. The summed E-state index contributed by atoms with van der Waals surface area (Å²) < 4.78 is 23.9. The Morgan fingerprint density at radius 1 is 1.33 bits per heavy atom. The molecule has 8 nitrogen and oxygen atoms in total. The molecule has 2 heterocycles. The van der Waals surface area contributed by atoms with Gasteiger partial charge in [0.2, 0.25) is 5.91 Å². The standard InChI is InChI=1S/C21H27N3O5S/c1-3-14(2)24(16-9-11-30(28,29)13-16)18(25)12-23-19(26)21(22-20(23)27)10-8-15-6-4-5-7-17(15)21/h4-7,14,16H,3,8-13H2,1-2H3,(H,22,27)/t14-,16-,21+/m0/s1. The first kappa shape index (κ1) is 20.8. The van der Waals surface area contributed by atoms with Gasteiger partial charge in [0.1, 0.15) is 12.1 Å². The van der Waals surface area contributed by atoms with E-state index in [9.17, 15) is 22.8 Å². The Balaban J connectivity index is 1.57. The molecule has 9 heteroatoms. The minimum Gasteiger partial charge on any atom is -0.334 e. The van der Waals surface area contributed by atoms with Gasteiger partial charge < -0.3 is 10.2 Å². The highest BCUT2D eigenvalue weighted by atomic mass is 32.2. The number of amides is 4. The van der Waals surface area contributed by atoms with Crippen LogP contribution in [0.25, 0.3) is 0 Å². The number of benzene rings is 1. The molecule has 0 radical (unpaired) electrons. The summed E-state index contributed by atoms with van der Waals surface area (Å²) in [6, 6.07) is 6.36. The number of hydrogen-bond acceptors (Lipinski definition) is 5. The fraction of sp³-hybridized carbons (Fsp3) is 0.571. The molecule has 0 bridgehead atoms. The van der Waals surface area contributed by atoms with Crippen molar-refractivity contribution >= 4 is 27.7 Å². The van der Waals surface area contributed by atoms with Crippen LogP contribution in [-0.4, -0.2) is 66.2 Å². The van der Waals surface area contributed by atoms with E-state index in [4.69, 9.17) is 0 Å². The molecule has 0 aromatic heterocycles. The first-order chi connectivity index (χ1) is 14.2. The zero-order valence-corrected chi connectivity index (χ0v) is 18.1. The van der Waals surface area contributed by atoms with Gasteiger partial charge in [-0.05, 0) is 43.7 Å². The van der Waals surface area contributed by atoms with Crippen LogP contribution >= 0.6 is 0 Å². The van der Waals surface area contributed by atoms with Crippen molar-refractivity contribution in [3.63, 3.8) is 0 Å². The molecule has 1 aromatic carbocycles. The highest BCUT2D eigenvalue weighted by molar-refractivity contribution is 7.91. The molecule has 0 unspecified atom stereocenters. The zero-order valence-electron chi connectivity index (χ0n) is 17.3. The Morgan fingerprint density at radius 2 is 2.07 bits per heavy atom. The van der Waals surface area contributed by atoms with Gasteiger partial charge in [-0.1, -0.05) is 31.2 Å². The Kier molecular flexibility index (Phi) is 5.12. The number of carbonyl (C=O) groups excluding carboxylic acids is 3. The van der Waals surface area contributed by atoms with Crippen LogP contribution in [0.4, 0.5) is 4.79 Å². The van der Waals surface area contributed by atoms with Gasteiger partial charge in [-0.25, -0.2) is 13.2 Å². The molecular weight excluding hydrogens is 406 g/mol. The number of nitrogens with one attached hydrogen (secondary N) is 1. The number of aryl methyl sites for hydroxylation is 1. The lowest BCUT2D eigenvalue weighted by Gasteiger charge is -2.34. The third kappa shape index (κ3) is 3.29. The van der Waals surface area contributed by atoms with Crippen molar-refractivity contribution in [2.75, 3.05) is 18.1 Å². The smallest absolute Gasteiger partial charge is 0.325 e. The SMILES string of the molecule is CC[C@H](C)N(C(=O)CN1C(=O)N[C@@]2(CCc3ccccc32)C1=O)[C@H]1CCS(=O)(=O)C1. The van der Waals surface area contributed by atoms with E-state index in [1.165, 1.54) is 0 Å². The molecule has 4 rings (SSSR count). The van der Waals surface area contributed by atoms with Crippen molar-refractivity contribution in [1.82, 2.24) is 15.1 Å². The topological polar surface area (TPSA) is 104 Å².